The summed E-state index contributed by atoms with van der Waals surface area (Å²) in [6.07, 6.45) is 0.649. The van der Waals surface area contributed by atoms with Crippen LogP contribution in [0, 0.1) is 0 Å². The summed E-state index contributed by atoms with van der Waals surface area (Å²) in [5.41, 5.74) is 13.4. The van der Waals surface area contributed by atoms with Gasteiger partial charge in [0.25, 0.3) is 0 Å². The zero-order valence-electron chi connectivity index (χ0n) is 8.31. The molecule has 1 saturated heterocycles. The zero-order valence-corrected chi connectivity index (χ0v) is 9.13. The van der Waals surface area contributed by atoms with Gasteiger partial charge in [-0.25, -0.2) is 8.42 Å². The van der Waals surface area contributed by atoms with Crippen LogP contribution in [0.1, 0.15) is 17.9 Å². The van der Waals surface area contributed by atoms with Crippen LogP contribution in [0.5, 0.6) is 0 Å². The predicted molar refractivity (Wildman–Crippen MR) is 61.3 cm³/mol. The van der Waals surface area contributed by atoms with Crippen molar-refractivity contribution in [2.24, 2.45) is 0 Å². The molecule has 5 heteroatoms. The van der Waals surface area contributed by atoms with E-state index in [1.165, 1.54) is 0 Å². The Kier molecular flexibility index (Phi) is 2.34. The highest BCUT2D eigenvalue weighted by molar-refractivity contribution is 7.91. The molecule has 4 nitrogen and oxygen atoms in total. The molecule has 1 fully saturated rings. The number of para-hydroxylation sites is 1. The maximum Gasteiger partial charge on any atom is 0.150 e. The Balaban J connectivity index is 2.36. The fourth-order valence-corrected chi connectivity index (χ4v) is 3.77. The zero-order chi connectivity index (χ0) is 11.1. The molecule has 0 bridgehead atoms. The van der Waals surface area contributed by atoms with Gasteiger partial charge < -0.3 is 11.5 Å². The van der Waals surface area contributed by atoms with Crippen LogP contribution in [-0.4, -0.2) is 19.9 Å². The van der Waals surface area contributed by atoms with Crippen molar-refractivity contribution in [3.05, 3.63) is 23.8 Å². The van der Waals surface area contributed by atoms with Gasteiger partial charge >= 0.3 is 0 Å². The molecular formula is C10H14N2O2S. The second-order valence-corrected chi connectivity index (χ2v) is 6.18. The predicted octanol–water partition coefficient (Wildman–Crippen LogP) is 0.753. The van der Waals surface area contributed by atoms with Crippen LogP contribution < -0.4 is 11.5 Å². The van der Waals surface area contributed by atoms with Crippen molar-refractivity contribution in [2.75, 3.05) is 23.0 Å². The number of nitrogens with two attached hydrogens (primary N) is 2. The summed E-state index contributed by atoms with van der Waals surface area (Å²) in [5.74, 6) is 0.463. The van der Waals surface area contributed by atoms with Crippen LogP contribution in [0.2, 0.25) is 0 Å². The van der Waals surface area contributed by atoms with E-state index in [1.807, 2.05) is 12.1 Å². The molecule has 82 valence electrons. The van der Waals surface area contributed by atoms with Gasteiger partial charge in [-0.05, 0) is 18.1 Å². The minimum absolute atomic E-state index is 0.0125. The van der Waals surface area contributed by atoms with Gasteiger partial charge in [0, 0.05) is 5.92 Å². The number of rotatable bonds is 1. The second-order valence-electron chi connectivity index (χ2n) is 3.95. The van der Waals surface area contributed by atoms with Crippen LogP contribution in [0.15, 0.2) is 18.2 Å². The summed E-state index contributed by atoms with van der Waals surface area (Å²) in [7, 11) is -2.87. The van der Waals surface area contributed by atoms with E-state index in [0.29, 0.717) is 17.8 Å². The first-order chi connectivity index (χ1) is 6.99. The van der Waals surface area contributed by atoms with Crippen molar-refractivity contribution in [1.29, 1.82) is 0 Å². The van der Waals surface area contributed by atoms with Gasteiger partial charge in [-0.2, -0.15) is 0 Å². The molecule has 1 aliphatic rings. The van der Waals surface area contributed by atoms with Crippen molar-refractivity contribution in [3.8, 4) is 0 Å². The number of benzene rings is 1. The standard InChI is InChI=1S/C10H14N2O2S/c11-9-3-1-2-8(10(9)12)7-4-5-15(13,14)6-7/h1-3,7H,4-6,11-12H2/t7-/m0/s1. The second kappa shape index (κ2) is 3.41. The van der Waals surface area contributed by atoms with Gasteiger partial charge in [0.1, 0.15) is 0 Å². The number of sulfone groups is 1. The smallest absolute Gasteiger partial charge is 0.150 e. The first-order valence-electron chi connectivity index (χ1n) is 4.84. The molecule has 0 radical (unpaired) electrons. The normalized spacial score (nSPS) is 24.1. The summed E-state index contributed by atoms with van der Waals surface area (Å²) in [4.78, 5) is 0. The molecule has 1 atom stereocenters. The molecule has 1 aromatic carbocycles. The summed E-state index contributed by atoms with van der Waals surface area (Å²) >= 11 is 0. The molecule has 0 spiro atoms. The van der Waals surface area contributed by atoms with Crippen molar-refractivity contribution >= 4 is 21.2 Å². The van der Waals surface area contributed by atoms with Crippen molar-refractivity contribution in [1.82, 2.24) is 0 Å². The molecule has 1 aliphatic heterocycles. The van der Waals surface area contributed by atoms with Crippen LogP contribution in [-0.2, 0) is 9.84 Å². The summed E-state index contributed by atoms with van der Waals surface area (Å²) in [6, 6.07) is 5.39. The quantitative estimate of drug-likeness (QED) is 0.692. The van der Waals surface area contributed by atoms with Crippen molar-refractivity contribution in [3.63, 3.8) is 0 Å². The van der Waals surface area contributed by atoms with E-state index in [9.17, 15) is 8.42 Å². The first kappa shape index (κ1) is 10.3. The number of nitrogen functional groups attached to an aromatic ring is 2. The summed E-state index contributed by atoms with van der Waals surface area (Å²) in [5, 5.41) is 0. The lowest BCUT2D eigenvalue weighted by Crippen LogP contribution is -2.07. The maximum atomic E-state index is 11.3. The molecule has 1 aromatic rings. The Morgan fingerprint density at radius 1 is 1.27 bits per heavy atom. The lowest BCUT2D eigenvalue weighted by molar-refractivity contribution is 0.601. The van der Waals surface area contributed by atoms with Crippen LogP contribution >= 0.6 is 0 Å². The van der Waals surface area contributed by atoms with Gasteiger partial charge in [0.2, 0.25) is 0 Å². The fourth-order valence-electron chi connectivity index (χ4n) is 2.00. The monoisotopic (exact) mass is 226 g/mol. The van der Waals surface area contributed by atoms with E-state index in [1.54, 1.807) is 6.07 Å². The molecule has 0 unspecified atom stereocenters. The molecule has 15 heavy (non-hydrogen) atoms. The van der Waals surface area contributed by atoms with Crippen LogP contribution in [0.25, 0.3) is 0 Å². The SMILES string of the molecule is Nc1cccc([C@H]2CCS(=O)(=O)C2)c1N. The number of hydrogen-bond donors (Lipinski definition) is 2. The molecule has 4 N–H and O–H groups in total. The van der Waals surface area contributed by atoms with Crippen LogP contribution in [0.4, 0.5) is 11.4 Å². The lowest BCUT2D eigenvalue weighted by Gasteiger charge is -2.12. The third-order valence-corrected chi connectivity index (χ3v) is 4.61. The molecule has 0 aliphatic carbocycles. The minimum atomic E-state index is -2.87. The lowest BCUT2D eigenvalue weighted by atomic mass is 9.96. The van der Waals surface area contributed by atoms with Gasteiger partial charge in [-0.3, -0.25) is 0 Å². The molecule has 0 aromatic heterocycles. The Labute approximate surface area is 89.2 Å². The van der Waals surface area contributed by atoms with Crippen LogP contribution in [0.3, 0.4) is 0 Å². The first-order valence-corrected chi connectivity index (χ1v) is 6.66. The maximum absolute atomic E-state index is 11.3. The summed E-state index contributed by atoms with van der Waals surface area (Å²) in [6.45, 7) is 0. The van der Waals surface area contributed by atoms with E-state index >= 15 is 0 Å². The Bertz CT molecular complexity index is 482. The third-order valence-electron chi connectivity index (χ3n) is 2.85. The fraction of sp³-hybridized carbons (Fsp3) is 0.400. The molecule has 1 heterocycles. The van der Waals surface area contributed by atoms with E-state index in [-0.39, 0.29) is 17.4 Å². The van der Waals surface area contributed by atoms with E-state index in [2.05, 4.69) is 0 Å². The molecular weight excluding hydrogens is 212 g/mol. The van der Waals surface area contributed by atoms with Gasteiger partial charge in [-0.1, -0.05) is 12.1 Å². The van der Waals surface area contributed by atoms with E-state index in [4.69, 9.17) is 11.5 Å². The largest absolute Gasteiger partial charge is 0.397 e. The third kappa shape index (κ3) is 1.92. The van der Waals surface area contributed by atoms with Gasteiger partial charge in [-0.15, -0.1) is 0 Å². The number of anilines is 2. The van der Waals surface area contributed by atoms with Gasteiger partial charge in [0.15, 0.2) is 9.84 Å². The topological polar surface area (TPSA) is 86.2 Å². The van der Waals surface area contributed by atoms with E-state index in [0.717, 1.165) is 5.56 Å². The molecule has 0 saturated carbocycles. The average molecular weight is 226 g/mol. The Morgan fingerprint density at radius 3 is 2.60 bits per heavy atom. The molecule has 2 rings (SSSR count). The van der Waals surface area contributed by atoms with E-state index < -0.39 is 9.84 Å². The van der Waals surface area contributed by atoms with Crippen molar-refractivity contribution < 1.29 is 8.42 Å². The summed E-state index contributed by atoms with van der Waals surface area (Å²) < 4.78 is 22.7. The average Bonchev–Trinajstić information content (AvgIpc) is 2.51. The Morgan fingerprint density at radius 2 is 2.00 bits per heavy atom. The van der Waals surface area contributed by atoms with Crippen molar-refractivity contribution in [2.45, 2.75) is 12.3 Å². The number of hydrogen-bond acceptors (Lipinski definition) is 4. The minimum Gasteiger partial charge on any atom is -0.397 e. The van der Waals surface area contributed by atoms with Gasteiger partial charge in [0.05, 0.1) is 22.9 Å². The molecule has 0 amide bonds. The highest BCUT2D eigenvalue weighted by atomic mass is 32.2. The highest BCUT2D eigenvalue weighted by Gasteiger charge is 2.30. The highest BCUT2D eigenvalue weighted by Crippen LogP contribution is 2.34. The Hall–Kier alpha value is -1.23.